The van der Waals surface area contributed by atoms with Crippen LogP contribution in [0.1, 0.15) is 5.56 Å². The van der Waals surface area contributed by atoms with Gasteiger partial charge >= 0.3 is 0 Å². The average molecular weight is 356 g/mol. The molecule has 0 spiro atoms. The van der Waals surface area contributed by atoms with Crippen LogP contribution in [0.25, 0.3) is 22.3 Å². The van der Waals surface area contributed by atoms with Crippen molar-refractivity contribution in [3.63, 3.8) is 0 Å². The zero-order valence-electron chi connectivity index (χ0n) is 15.3. The lowest BCUT2D eigenvalue weighted by atomic mass is 10.1. The minimum Gasteiger partial charge on any atom is -0.497 e. The number of benzene rings is 2. The van der Waals surface area contributed by atoms with Gasteiger partial charge in [0.1, 0.15) is 11.6 Å². The van der Waals surface area contributed by atoms with E-state index in [4.69, 9.17) is 14.7 Å². The summed E-state index contributed by atoms with van der Waals surface area (Å²) in [6.45, 7) is 0.737. The maximum atomic E-state index is 5.24. The third-order valence-electron chi connectivity index (χ3n) is 4.46. The molecule has 134 valence electrons. The smallest absolute Gasteiger partial charge is 0.162 e. The van der Waals surface area contributed by atoms with E-state index in [2.05, 4.69) is 35.1 Å². The van der Waals surface area contributed by atoms with Crippen molar-refractivity contribution in [2.24, 2.45) is 0 Å². The van der Waals surface area contributed by atoms with Crippen molar-refractivity contribution < 1.29 is 4.74 Å². The fourth-order valence-electron chi connectivity index (χ4n) is 3.06. The second-order valence-corrected chi connectivity index (χ2v) is 6.33. The largest absolute Gasteiger partial charge is 0.497 e. The van der Waals surface area contributed by atoms with Gasteiger partial charge in [-0.15, -0.1) is 0 Å². The van der Waals surface area contributed by atoms with E-state index in [1.165, 1.54) is 5.56 Å². The van der Waals surface area contributed by atoms with Crippen LogP contribution in [0.5, 0.6) is 5.75 Å². The summed E-state index contributed by atoms with van der Waals surface area (Å²) in [5, 5.41) is 1.03. The average Bonchev–Trinajstić information content (AvgIpc) is 2.74. The van der Waals surface area contributed by atoms with E-state index < -0.39 is 0 Å². The first-order valence-electron chi connectivity index (χ1n) is 8.76. The van der Waals surface area contributed by atoms with Crippen molar-refractivity contribution in [2.75, 3.05) is 19.1 Å². The number of nitrogens with zero attached hydrogens (tertiary/aromatic N) is 4. The molecule has 0 fully saturated rings. The molecule has 5 heteroatoms. The Labute approximate surface area is 158 Å². The van der Waals surface area contributed by atoms with Crippen molar-refractivity contribution in [1.82, 2.24) is 15.0 Å². The molecular formula is C22H20N4O. The highest BCUT2D eigenvalue weighted by molar-refractivity contribution is 5.90. The van der Waals surface area contributed by atoms with Crippen LogP contribution in [0.4, 0.5) is 5.82 Å². The lowest BCUT2D eigenvalue weighted by Crippen LogP contribution is -2.18. The highest BCUT2D eigenvalue weighted by atomic mass is 16.5. The minimum atomic E-state index is 0.702. The first-order valence-corrected chi connectivity index (χ1v) is 8.76. The Morgan fingerprint density at radius 3 is 2.37 bits per heavy atom. The van der Waals surface area contributed by atoms with Gasteiger partial charge in [0.25, 0.3) is 0 Å². The third-order valence-corrected chi connectivity index (χ3v) is 4.46. The zero-order chi connectivity index (χ0) is 18.6. The fourth-order valence-corrected chi connectivity index (χ4v) is 3.06. The van der Waals surface area contributed by atoms with Gasteiger partial charge in [0.15, 0.2) is 5.82 Å². The first-order chi connectivity index (χ1) is 13.2. The Morgan fingerprint density at radius 1 is 0.889 bits per heavy atom. The van der Waals surface area contributed by atoms with Crippen LogP contribution in [0.15, 0.2) is 73.1 Å². The summed E-state index contributed by atoms with van der Waals surface area (Å²) in [6.07, 6.45) is 3.52. The van der Waals surface area contributed by atoms with Gasteiger partial charge in [-0.1, -0.05) is 24.3 Å². The Balaban J connectivity index is 1.74. The number of ether oxygens (including phenoxy) is 1. The van der Waals surface area contributed by atoms with Crippen LogP contribution in [-0.2, 0) is 6.54 Å². The van der Waals surface area contributed by atoms with E-state index in [-0.39, 0.29) is 0 Å². The Morgan fingerprint density at radius 2 is 1.63 bits per heavy atom. The van der Waals surface area contributed by atoms with Crippen LogP contribution in [0.3, 0.4) is 0 Å². The predicted octanol–water partition coefficient (Wildman–Crippen LogP) is 4.34. The second-order valence-electron chi connectivity index (χ2n) is 6.33. The van der Waals surface area contributed by atoms with Gasteiger partial charge in [-0.05, 0) is 42.0 Å². The van der Waals surface area contributed by atoms with Gasteiger partial charge in [-0.3, -0.25) is 4.98 Å². The molecule has 0 N–H and O–H groups in total. The summed E-state index contributed by atoms with van der Waals surface area (Å²) >= 11 is 0. The molecule has 4 aromatic rings. The van der Waals surface area contributed by atoms with Crippen LogP contribution >= 0.6 is 0 Å². The number of hydrogen-bond acceptors (Lipinski definition) is 5. The van der Waals surface area contributed by atoms with E-state index in [1.54, 1.807) is 19.5 Å². The number of anilines is 1. The van der Waals surface area contributed by atoms with Crippen molar-refractivity contribution in [3.8, 4) is 17.1 Å². The molecule has 2 heterocycles. The summed E-state index contributed by atoms with van der Waals surface area (Å²) in [5.41, 5.74) is 3.07. The minimum absolute atomic E-state index is 0.702. The standard InChI is InChI=1S/C22H20N4O/c1-26(15-16-7-9-18(27-2)10-8-16)22-19-5-3-4-6-20(19)24-21(25-22)17-11-13-23-14-12-17/h3-14H,15H2,1-2H3. The van der Waals surface area contributed by atoms with Gasteiger partial charge in [-0.2, -0.15) is 0 Å². The third kappa shape index (κ3) is 3.58. The maximum absolute atomic E-state index is 5.24. The SMILES string of the molecule is COc1ccc(CN(C)c2nc(-c3ccncc3)nc3ccccc23)cc1. The van der Waals surface area contributed by atoms with Crippen molar-refractivity contribution >= 4 is 16.7 Å². The van der Waals surface area contributed by atoms with E-state index >= 15 is 0 Å². The molecule has 0 unspecified atom stereocenters. The summed E-state index contributed by atoms with van der Waals surface area (Å²) in [7, 11) is 3.73. The molecule has 0 aliphatic carbocycles. The molecular weight excluding hydrogens is 336 g/mol. The van der Waals surface area contributed by atoms with Gasteiger partial charge < -0.3 is 9.64 Å². The van der Waals surface area contributed by atoms with Crippen molar-refractivity contribution in [2.45, 2.75) is 6.54 Å². The quantitative estimate of drug-likeness (QED) is 0.532. The lowest BCUT2D eigenvalue weighted by molar-refractivity contribution is 0.414. The normalized spacial score (nSPS) is 10.7. The van der Waals surface area contributed by atoms with Crippen LogP contribution < -0.4 is 9.64 Å². The molecule has 0 aliphatic heterocycles. The molecule has 0 amide bonds. The molecule has 2 aromatic heterocycles. The van der Waals surface area contributed by atoms with Gasteiger partial charge in [-0.25, -0.2) is 9.97 Å². The van der Waals surface area contributed by atoms with Crippen LogP contribution in [0.2, 0.25) is 0 Å². The Kier molecular flexibility index (Phi) is 4.66. The van der Waals surface area contributed by atoms with Gasteiger partial charge in [0.05, 0.1) is 12.6 Å². The number of pyridine rings is 1. The number of para-hydroxylation sites is 1. The maximum Gasteiger partial charge on any atom is 0.162 e. The highest BCUT2D eigenvalue weighted by Crippen LogP contribution is 2.27. The summed E-state index contributed by atoms with van der Waals surface area (Å²) < 4.78 is 5.24. The van der Waals surface area contributed by atoms with Crippen LogP contribution in [-0.4, -0.2) is 29.1 Å². The van der Waals surface area contributed by atoms with E-state index in [0.29, 0.717) is 5.82 Å². The first kappa shape index (κ1) is 17.0. The monoisotopic (exact) mass is 356 g/mol. The number of methoxy groups -OCH3 is 1. The molecule has 0 bridgehead atoms. The van der Waals surface area contributed by atoms with E-state index in [0.717, 1.165) is 34.6 Å². The fraction of sp³-hybridized carbons (Fsp3) is 0.136. The summed E-state index contributed by atoms with van der Waals surface area (Å²) in [4.78, 5) is 15.8. The molecule has 27 heavy (non-hydrogen) atoms. The van der Waals surface area contributed by atoms with Crippen LogP contribution in [0, 0.1) is 0 Å². The second kappa shape index (κ2) is 7.41. The molecule has 2 aromatic carbocycles. The molecule has 0 radical (unpaired) electrons. The molecule has 0 saturated carbocycles. The Hall–Kier alpha value is -3.47. The molecule has 5 nitrogen and oxygen atoms in total. The molecule has 4 rings (SSSR count). The number of aromatic nitrogens is 3. The van der Waals surface area contributed by atoms with E-state index in [9.17, 15) is 0 Å². The van der Waals surface area contributed by atoms with Gasteiger partial charge in [0.2, 0.25) is 0 Å². The van der Waals surface area contributed by atoms with Crippen molar-refractivity contribution in [1.29, 1.82) is 0 Å². The molecule has 0 atom stereocenters. The lowest BCUT2D eigenvalue weighted by Gasteiger charge is -2.21. The predicted molar refractivity (Wildman–Crippen MR) is 108 cm³/mol. The van der Waals surface area contributed by atoms with Gasteiger partial charge in [0, 0.05) is 36.9 Å². The number of rotatable bonds is 5. The summed E-state index contributed by atoms with van der Waals surface area (Å²) in [6, 6.07) is 20.0. The zero-order valence-corrected chi connectivity index (χ0v) is 15.3. The van der Waals surface area contributed by atoms with E-state index in [1.807, 2.05) is 42.5 Å². The highest BCUT2D eigenvalue weighted by Gasteiger charge is 2.13. The molecule has 0 saturated heterocycles. The topological polar surface area (TPSA) is 51.1 Å². The molecule has 0 aliphatic rings. The van der Waals surface area contributed by atoms with Crippen molar-refractivity contribution in [3.05, 3.63) is 78.6 Å². The Bertz CT molecular complexity index is 1050. The number of fused-ring (bicyclic) bond motifs is 1. The number of hydrogen-bond donors (Lipinski definition) is 0. The summed E-state index contributed by atoms with van der Waals surface area (Å²) in [5.74, 6) is 2.46.